The summed E-state index contributed by atoms with van der Waals surface area (Å²) >= 11 is 0. The number of benzene rings is 1. The molecule has 0 aliphatic heterocycles. The van der Waals surface area contributed by atoms with Crippen LogP contribution >= 0.6 is 12.4 Å². The minimum Gasteiger partial charge on any atom is -0.425 e. The summed E-state index contributed by atoms with van der Waals surface area (Å²) in [5.41, 5.74) is 5.65. The first-order chi connectivity index (χ1) is 8.91. The second kappa shape index (κ2) is 7.87. The molecule has 112 valence electrons. The number of nitrogens with two attached hydrogens (primary N) is 1. The maximum Gasteiger partial charge on any atom is 0.331 e. The maximum absolute atomic E-state index is 11.9. The number of hydrogen-bond donors (Lipinski definition) is 2. The summed E-state index contributed by atoms with van der Waals surface area (Å²) in [6, 6.07) is 6.57. The van der Waals surface area contributed by atoms with Crippen LogP contribution in [0.25, 0.3) is 0 Å². The lowest BCUT2D eigenvalue weighted by atomic mass is 9.95. The van der Waals surface area contributed by atoms with Crippen molar-refractivity contribution in [2.75, 3.05) is 5.32 Å². The monoisotopic (exact) mass is 300 g/mol. The molecule has 5 nitrogen and oxygen atoms in total. The quantitative estimate of drug-likeness (QED) is 0.646. The Morgan fingerprint density at radius 1 is 1.20 bits per heavy atom. The Labute approximate surface area is 125 Å². The number of ether oxygens (including phenoxy) is 1. The van der Waals surface area contributed by atoms with E-state index in [0.29, 0.717) is 24.3 Å². The first-order valence-electron chi connectivity index (χ1n) is 6.30. The zero-order chi connectivity index (χ0) is 14.5. The minimum atomic E-state index is -0.948. The van der Waals surface area contributed by atoms with E-state index in [1.165, 1.54) is 6.92 Å². The van der Waals surface area contributed by atoms with Gasteiger partial charge in [-0.3, -0.25) is 4.79 Å². The van der Waals surface area contributed by atoms with Crippen LogP contribution in [-0.2, 0) is 9.59 Å². The van der Waals surface area contributed by atoms with Crippen LogP contribution in [0.2, 0.25) is 0 Å². The van der Waals surface area contributed by atoms with E-state index in [1.54, 1.807) is 24.3 Å². The smallest absolute Gasteiger partial charge is 0.331 e. The van der Waals surface area contributed by atoms with Crippen molar-refractivity contribution >= 4 is 30.0 Å². The molecule has 6 heteroatoms. The van der Waals surface area contributed by atoms with Gasteiger partial charge in [0.1, 0.15) is 11.3 Å². The lowest BCUT2D eigenvalue weighted by Crippen LogP contribution is -2.49. The fourth-order valence-electron chi connectivity index (χ4n) is 1.56. The first-order valence-corrected chi connectivity index (χ1v) is 6.30. The summed E-state index contributed by atoms with van der Waals surface area (Å²) in [4.78, 5) is 22.8. The fourth-order valence-corrected chi connectivity index (χ4v) is 1.56. The molecule has 1 rings (SSSR count). The standard InChI is InChI=1S/C14H20N2O3.ClH/c1-4-14(15,5-2)13(18)19-12-8-6-11(7-9-12)16-10(3)17;/h6-9H,4-5,15H2,1-3H3,(H,16,17);1H. The highest BCUT2D eigenvalue weighted by molar-refractivity contribution is 5.88. The summed E-state index contributed by atoms with van der Waals surface area (Å²) < 4.78 is 5.24. The van der Waals surface area contributed by atoms with Crippen molar-refractivity contribution in [1.82, 2.24) is 0 Å². The van der Waals surface area contributed by atoms with E-state index in [0.717, 1.165) is 0 Å². The average Bonchev–Trinajstić information content (AvgIpc) is 2.39. The van der Waals surface area contributed by atoms with Crippen molar-refractivity contribution in [3.05, 3.63) is 24.3 Å². The molecule has 0 aliphatic carbocycles. The molecule has 0 heterocycles. The molecule has 3 N–H and O–H groups in total. The van der Waals surface area contributed by atoms with Crippen LogP contribution in [0.15, 0.2) is 24.3 Å². The largest absolute Gasteiger partial charge is 0.425 e. The van der Waals surface area contributed by atoms with E-state index in [1.807, 2.05) is 13.8 Å². The molecule has 0 aliphatic rings. The third-order valence-electron chi connectivity index (χ3n) is 3.05. The predicted molar refractivity (Wildman–Crippen MR) is 81.1 cm³/mol. The summed E-state index contributed by atoms with van der Waals surface area (Å²) in [6.07, 6.45) is 1.04. The van der Waals surface area contributed by atoms with Crippen LogP contribution in [0.1, 0.15) is 33.6 Å². The van der Waals surface area contributed by atoms with Crippen LogP contribution in [-0.4, -0.2) is 17.4 Å². The topological polar surface area (TPSA) is 81.4 Å². The Morgan fingerprint density at radius 3 is 2.10 bits per heavy atom. The normalized spacial score (nSPS) is 10.4. The summed E-state index contributed by atoms with van der Waals surface area (Å²) in [6.45, 7) is 5.13. The molecule has 20 heavy (non-hydrogen) atoms. The number of halogens is 1. The van der Waals surface area contributed by atoms with Gasteiger partial charge in [0.2, 0.25) is 5.91 Å². The van der Waals surface area contributed by atoms with Gasteiger partial charge in [-0.05, 0) is 37.1 Å². The lowest BCUT2D eigenvalue weighted by molar-refractivity contribution is -0.140. The molecule has 1 aromatic carbocycles. The minimum absolute atomic E-state index is 0. The summed E-state index contributed by atoms with van der Waals surface area (Å²) in [5, 5.41) is 2.63. The highest BCUT2D eigenvalue weighted by Gasteiger charge is 2.32. The predicted octanol–water partition coefficient (Wildman–Crippen LogP) is 2.49. The second-order valence-corrected chi connectivity index (χ2v) is 4.46. The Morgan fingerprint density at radius 2 is 1.70 bits per heavy atom. The van der Waals surface area contributed by atoms with Gasteiger partial charge in [0.25, 0.3) is 0 Å². The van der Waals surface area contributed by atoms with Crippen LogP contribution in [0, 0.1) is 0 Å². The second-order valence-electron chi connectivity index (χ2n) is 4.46. The highest BCUT2D eigenvalue weighted by Crippen LogP contribution is 2.19. The number of esters is 1. The van der Waals surface area contributed by atoms with Crippen molar-refractivity contribution < 1.29 is 14.3 Å². The number of carbonyl (C=O) groups is 2. The Balaban J connectivity index is 0.00000361. The molecular weight excluding hydrogens is 280 g/mol. The van der Waals surface area contributed by atoms with Crippen LogP contribution in [0.4, 0.5) is 5.69 Å². The molecule has 0 atom stereocenters. The van der Waals surface area contributed by atoms with Crippen LogP contribution < -0.4 is 15.8 Å². The van der Waals surface area contributed by atoms with Crippen molar-refractivity contribution in [2.24, 2.45) is 5.73 Å². The van der Waals surface area contributed by atoms with Gasteiger partial charge < -0.3 is 15.8 Å². The average molecular weight is 301 g/mol. The first kappa shape index (κ1) is 18.4. The van der Waals surface area contributed by atoms with E-state index >= 15 is 0 Å². The zero-order valence-electron chi connectivity index (χ0n) is 11.9. The van der Waals surface area contributed by atoms with Gasteiger partial charge in [-0.15, -0.1) is 12.4 Å². The third-order valence-corrected chi connectivity index (χ3v) is 3.05. The molecule has 1 amide bonds. The van der Waals surface area contributed by atoms with Crippen LogP contribution in [0.5, 0.6) is 5.75 Å². The van der Waals surface area contributed by atoms with E-state index in [-0.39, 0.29) is 18.3 Å². The number of nitrogens with one attached hydrogen (secondary N) is 1. The van der Waals surface area contributed by atoms with Crippen molar-refractivity contribution in [3.63, 3.8) is 0 Å². The van der Waals surface area contributed by atoms with Crippen molar-refractivity contribution in [3.8, 4) is 5.75 Å². The molecule has 0 saturated heterocycles. The van der Waals surface area contributed by atoms with Crippen molar-refractivity contribution in [1.29, 1.82) is 0 Å². The van der Waals surface area contributed by atoms with Gasteiger partial charge in [-0.25, -0.2) is 4.79 Å². The molecule has 0 fully saturated rings. The molecule has 0 radical (unpaired) electrons. The van der Waals surface area contributed by atoms with E-state index < -0.39 is 11.5 Å². The molecule has 1 aromatic rings. The van der Waals surface area contributed by atoms with Gasteiger partial charge in [-0.2, -0.15) is 0 Å². The van der Waals surface area contributed by atoms with Gasteiger partial charge in [0.15, 0.2) is 0 Å². The van der Waals surface area contributed by atoms with E-state index in [2.05, 4.69) is 5.32 Å². The number of rotatable bonds is 5. The Kier molecular flexibility index (Phi) is 7.24. The zero-order valence-corrected chi connectivity index (χ0v) is 12.8. The van der Waals surface area contributed by atoms with E-state index in [9.17, 15) is 9.59 Å². The summed E-state index contributed by atoms with van der Waals surface area (Å²) in [5.74, 6) is -0.178. The number of hydrogen-bond acceptors (Lipinski definition) is 4. The molecule has 0 bridgehead atoms. The van der Waals surface area contributed by atoms with Gasteiger partial charge in [0, 0.05) is 12.6 Å². The number of amides is 1. The molecular formula is C14H21ClN2O3. The fraction of sp³-hybridized carbons (Fsp3) is 0.429. The summed E-state index contributed by atoms with van der Waals surface area (Å²) in [7, 11) is 0. The Bertz CT molecular complexity index is 456. The molecule has 0 spiro atoms. The number of anilines is 1. The lowest BCUT2D eigenvalue weighted by Gasteiger charge is -2.23. The number of carbonyl (C=O) groups excluding carboxylic acids is 2. The Hall–Kier alpha value is -1.59. The SMILES string of the molecule is CCC(N)(CC)C(=O)Oc1ccc(NC(C)=O)cc1.Cl. The molecule has 0 saturated carbocycles. The highest BCUT2D eigenvalue weighted by atomic mass is 35.5. The maximum atomic E-state index is 11.9. The van der Waals surface area contributed by atoms with Crippen molar-refractivity contribution in [2.45, 2.75) is 39.2 Å². The third kappa shape index (κ3) is 4.83. The van der Waals surface area contributed by atoms with Gasteiger partial charge >= 0.3 is 5.97 Å². The van der Waals surface area contributed by atoms with Gasteiger partial charge in [-0.1, -0.05) is 13.8 Å². The van der Waals surface area contributed by atoms with Gasteiger partial charge in [0.05, 0.1) is 0 Å². The van der Waals surface area contributed by atoms with Crippen LogP contribution in [0.3, 0.4) is 0 Å². The molecule has 0 aromatic heterocycles. The molecule has 0 unspecified atom stereocenters. The van der Waals surface area contributed by atoms with E-state index in [4.69, 9.17) is 10.5 Å².